The van der Waals surface area contributed by atoms with Crippen LogP contribution < -0.4 is 9.80 Å². The summed E-state index contributed by atoms with van der Waals surface area (Å²) in [7, 11) is 0. The van der Waals surface area contributed by atoms with Gasteiger partial charge in [-0.1, -0.05) is 0 Å². The summed E-state index contributed by atoms with van der Waals surface area (Å²) in [5.41, 5.74) is 17.8. The summed E-state index contributed by atoms with van der Waals surface area (Å²) in [6.07, 6.45) is 10.0. The minimum absolute atomic E-state index is 0. The van der Waals surface area contributed by atoms with Crippen LogP contribution in [0.2, 0.25) is 13.1 Å². The van der Waals surface area contributed by atoms with Crippen molar-refractivity contribution in [1.29, 1.82) is 0 Å². The van der Waals surface area contributed by atoms with E-state index in [4.69, 9.17) is 0 Å². The van der Waals surface area contributed by atoms with Gasteiger partial charge in [0.15, 0.2) is 0 Å². The van der Waals surface area contributed by atoms with Gasteiger partial charge in [-0.2, -0.15) is 0 Å². The third kappa shape index (κ3) is 5.51. The Hall–Kier alpha value is -2.37. The molecule has 4 aromatic carbocycles. The van der Waals surface area contributed by atoms with Crippen LogP contribution in [0.5, 0.6) is 0 Å². The second-order valence-electron chi connectivity index (χ2n) is 13.4. The fraction of sp³-hybridized carbons (Fsp3) is 0.300. The molecule has 2 aliphatic carbocycles. The number of para-hydroxylation sites is 2. The van der Waals surface area contributed by atoms with Crippen molar-refractivity contribution in [2.45, 2.75) is 60.0 Å². The van der Waals surface area contributed by atoms with Crippen LogP contribution in [0, 0.1) is 0 Å². The van der Waals surface area contributed by atoms with Crippen molar-refractivity contribution >= 4 is 65.2 Å². The molecule has 2 unspecified atom stereocenters. The van der Waals surface area contributed by atoms with Gasteiger partial charge in [-0.15, -0.1) is 24.8 Å². The molecular formula is C40H44Cl2HfN2Si. The van der Waals surface area contributed by atoms with E-state index < -0.39 is 25.6 Å². The normalized spacial score (nSPS) is 19.0. The smallest absolute Gasteiger partial charge is 0.147 e. The van der Waals surface area contributed by atoms with Gasteiger partial charge in [0.05, 0.1) is 0 Å². The molecule has 0 radical (unpaired) electrons. The second kappa shape index (κ2) is 13.6. The minimum Gasteiger partial charge on any atom is -0.147 e. The van der Waals surface area contributed by atoms with Crippen LogP contribution in [0.3, 0.4) is 0 Å². The summed E-state index contributed by atoms with van der Waals surface area (Å²) in [4.78, 5) is 5.24. The van der Waals surface area contributed by atoms with E-state index in [9.17, 15) is 0 Å². The van der Waals surface area contributed by atoms with E-state index in [-0.39, 0.29) is 24.8 Å². The molecule has 2 aliphatic heterocycles. The van der Waals surface area contributed by atoms with Gasteiger partial charge in [0.25, 0.3) is 0 Å². The van der Waals surface area contributed by atoms with Gasteiger partial charge >= 0.3 is 273 Å². The zero-order valence-corrected chi connectivity index (χ0v) is 33.6. The van der Waals surface area contributed by atoms with Gasteiger partial charge in [-0.05, 0) is 0 Å². The Bertz CT molecular complexity index is 1780. The SMILES string of the molecule is CC1=Cc2c(cccc2N2CCCc3ccccc32)[CH]1[Hf]([CH]1C(C)=Cc2c1cccc2N1CCCc2ccccc21)=[Si](C)C.Cl.Cl. The monoisotopic (exact) mass is 830 g/mol. The first-order valence-corrected chi connectivity index (χ1v) is 28.6. The molecular weight excluding hydrogens is 786 g/mol. The van der Waals surface area contributed by atoms with Gasteiger partial charge in [0.2, 0.25) is 0 Å². The predicted molar refractivity (Wildman–Crippen MR) is 201 cm³/mol. The van der Waals surface area contributed by atoms with Gasteiger partial charge in [-0.3, -0.25) is 0 Å². The largest absolute Gasteiger partial charge is 0.147 e. The van der Waals surface area contributed by atoms with Crippen LogP contribution in [-0.4, -0.2) is 18.6 Å². The predicted octanol–water partition coefficient (Wildman–Crippen LogP) is 11.2. The van der Waals surface area contributed by atoms with Crippen LogP contribution in [0.1, 0.15) is 67.4 Å². The summed E-state index contributed by atoms with van der Waals surface area (Å²) in [5, 5.41) is 0. The maximum absolute atomic E-state index is 2.65. The number of benzene rings is 4. The number of aryl methyl sites for hydroxylation is 2. The molecule has 2 atom stereocenters. The Morgan fingerprint density at radius 1 is 0.565 bits per heavy atom. The number of hydrogen-bond donors (Lipinski definition) is 0. The average molecular weight is 830 g/mol. The Labute approximate surface area is 295 Å². The Kier molecular flexibility index (Phi) is 9.93. The molecule has 2 heterocycles. The molecule has 0 saturated carbocycles. The Morgan fingerprint density at radius 2 is 0.978 bits per heavy atom. The van der Waals surface area contributed by atoms with E-state index in [1.165, 1.54) is 70.7 Å². The molecule has 0 amide bonds. The molecule has 0 saturated heterocycles. The van der Waals surface area contributed by atoms with Crippen LogP contribution in [0.15, 0.2) is 96.1 Å². The van der Waals surface area contributed by atoms with Gasteiger partial charge in [0.1, 0.15) is 0 Å². The van der Waals surface area contributed by atoms with Gasteiger partial charge < -0.3 is 0 Å². The number of fused-ring (bicyclic) bond motifs is 4. The number of rotatable bonds is 4. The van der Waals surface area contributed by atoms with Crippen molar-refractivity contribution in [3.63, 3.8) is 0 Å². The summed E-state index contributed by atoms with van der Waals surface area (Å²) >= 11 is -2.36. The van der Waals surface area contributed by atoms with E-state index in [2.05, 4.69) is 134 Å². The van der Waals surface area contributed by atoms with E-state index in [1.54, 1.807) is 22.3 Å². The quantitative estimate of drug-likeness (QED) is 0.189. The number of allylic oxidation sites excluding steroid dienone is 2. The zero-order chi connectivity index (χ0) is 29.9. The second-order valence-corrected chi connectivity index (χ2v) is 38.4. The maximum Gasteiger partial charge on any atom is -0.147 e. The molecule has 4 aliphatic rings. The van der Waals surface area contributed by atoms with Crippen molar-refractivity contribution in [3.8, 4) is 0 Å². The van der Waals surface area contributed by atoms with Gasteiger partial charge in [0, 0.05) is 0 Å². The number of nitrogens with zero attached hydrogens (tertiary/aromatic N) is 2. The number of hydrogen-bond acceptors (Lipinski definition) is 2. The van der Waals surface area contributed by atoms with Crippen molar-refractivity contribution in [1.82, 2.24) is 0 Å². The molecule has 6 heteroatoms. The molecule has 236 valence electrons. The molecule has 0 aromatic heterocycles. The minimum atomic E-state index is -2.36. The standard InChI is InChI=1S/2C19H18N.C2H6Si.2ClH.Hf/c2*1-14-12-16-7-4-10-19(17(16)13-14)20-11-5-8-15-6-2-3-9-18(15)20;1-3-2;;;/h2*2-4,6-7,9-10,12-13H,5,8,11H2,1H3;1-2H3;2*1H;. The van der Waals surface area contributed by atoms with E-state index in [0.717, 1.165) is 13.1 Å². The first-order chi connectivity index (χ1) is 21.5. The zero-order valence-electron chi connectivity index (χ0n) is 27.3. The molecule has 46 heavy (non-hydrogen) atoms. The number of anilines is 4. The Morgan fingerprint density at radius 3 is 1.41 bits per heavy atom. The van der Waals surface area contributed by atoms with E-state index in [1.807, 2.05) is 0 Å². The van der Waals surface area contributed by atoms with Crippen molar-refractivity contribution in [3.05, 3.63) is 129 Å². The van der Waals surface area contributed by atoms with Crippen LogP contribution in [0.25, 0.3) is 12.2 Å². The van der Waals surface area contributed by atoms with E-state index >= 15 is 0 Å². The van der Waals surface area contributed by atoms with Crippen LogP contribution in [-0.2, 0) is 32.9 Å². The van der Waals surface area contributed by atoms with Crippen molar-refractivity contribution in [2.75, 3.05) is 22.9 Å². The molecule has 4 aromatic rings. The first kappa shape index (κ1) is 33.5. The number of halogens is 2. The summed E-state index contributed by atoms with van der Waals surface area (Å²) in [6.45, 7) is 12.4. The molecule has 0 spiro atoms. The van der Waals surface area contributed by atoms with Gasteiger partial charge in [-0.25, -0.2) is 0 Å². The molecule has 0 N–H and O–H groups in total. The molecule has 2 nitrogen and oxygen atoms in total. The van der Waals surface area contributed by atoms with Crippen LogP contribution in [0.4, 0.5) is 22.7 Å². The fourth-order valence-corrected chi connectivity index (χ4v) is 38.1. The molecule has 0 fully saturated rings. The third-order valence-corrected chi connectivity index (χ3v) is 38.8. The van der Waals surface area contributed by atoms with Crippen LogP contribution >= 0.6 is 24.8 Å². The maximum atomic E-state index is 2.65. The Balaban J connectivity index is 0.00000186. The summed E-state index contributed by atoms with van der Waals surface area (Å²) in [6, 6.07) is 32.7. The van der Waals surface area contributed by atoms with E-state index in [0.29, 0.717) is 7.35 Å². The molecule has 0 bridgehead atoms. The fourth-order valence-electron chi connectivity index (χ4n) is 8.68. The summed E-state index contributed by atoms with van der Waals surface area (Å²) < 4.78 is 1.33. The summed E-state index contributed by atoms with van der Waals surface area (Å²) in [5.74, 6) is 0. The molecule has 8 rings (SSSR count). The van der Waals surface area contributed by atoms with Crippen molar-refractivity contribution < 1.29 is 20.1 Å². The average Bonchev–Trinajstić information content (AvgIpc) is 3.56. The topological polar surface area (TPSA) is 6.48 Å². The third-order valence-electron chi connectivity index (χ3n) is 10.5. The van der Waals surface area contributed by atoms with Crippen molar-refractivity contribution in [2.24, 2.45) is 0 Å². The first-order valence-electron chi connectivity index (χ1n) is 16.5.